The van der Waals surface area contributed by atoms with Gasteiger partial charge >= 0.3 is 12.1 Å². The Bertz CT molecular complexity index is 670. The Kier molecular flexibility index (Phi) is 4.99. The van der Waals surface area contributed by atoms with E-state index in [-0.39, 0.29) is 11.5 Å². The fourth-order valence-corrected chi connectivity index (χ4v) is 3.23. The van der Waals surface area contributed by atoms with Crippen LogP contribution in [-0.4, -0.2) is 33.3 Å². The van der Waals surface area contributed by atoms with E-state index < -0.39 is 23.2 Å². The molecule has 138 valence electrons. The van der Waals surface area contributed by atoms with Crippen molar-refractivity contribution in [1.82, 2.24) is 15.8 Å². The molecule has 0 radical (unpaired) electrons. The molecule has 0 fully saturated rings. The highest BCUT2D eigenvalue weighted by Crippen LogP contribution is 2.41. The Labute approximate surface area is 148 Å². The molecule has 0 aromatic carbocycles. The molecule has 3 N–H and O–H groups in total. The van der Waals surface area contributed by atoms with Crippen LogP contribution in [0, 0.1) is 5.92 Å². The maximum absolute atomic E-state index is 12.1. The highest BCUT2D eigenvalue weighted by molar-refractivity contribution is 5.92. The van der Waals surface area contributed by atoms with Gasteiger partial charge in [0.1, 0.15) is 5.60 Å². The molecule has 0 bridgehead atoms. The third-order valence-electron chi connectivity index (χ3n) is 4.39. The number of carbonyl (C=O) groups is 2. The SMILES string of the molecule is CCC1(C(C)C)NN2C=CC=C(NC(=O)OC(C)(C)C)C2=C1C(=O)O. The van der Waals surface area contributed by atoms with Crippen LogP contribution in [-0.2, 0) is 9.53 Å². The number of fused-ring (bicyclic) bond motifs is 1. The van der Waals surface area contributed by atoms with Gasteiger partial charge in [-0.1, -0.05) is 20.8 Å². The van der Waals surface area contributed by atoms with Crippen LogP contribution >= 0.6 is 0 Å². The number of alkyl carbamates (subject to hydrolysis) is 1. The van der Waals surface area contributed by atoms with Gasteiger partial charge in [-0.05, 0) is 45.3 Å². The number of carbonyl (C=O) groups excluding carboxylic acids is 1. The first-order chi connectivity index (χ1) is 11.5. The molecule has 0 aliphatic carbocycles. The van der Waals surface area contributed by atoms with Gasteiger partial charge in [0, 0.05) is 6.20 Å². The molecule has 1 atom stereocenters. The quantitative estimate of drug-likeness (QED) is 0.723. The smallest absolute Gasteiger partial charge is 0.412 e. The van der Waals surface area contributed by atoms with Gasteiger partial charge < -0.3 is 9.84 Å². The van der Waals surface area contributed by atoms with Crippen molar-refractivity contribution in [3.05, 3.63) is 35.3 Å². The zero-order valence-electron chi connectivity index (χ0n) is 15.6. The number of rotatable bonds is 4. The summed E-state index contributed by atoms with van der Waals surface area (Å²) in [7, 11) is 0. The number of aliphatic carboxylic acids is 1. The van der Waals surface area contributed by atoms with Gasteiger partial charge in [0.15, 0.2) is 0 Å². The molecule has 25 heavy (non-hydrogen) atoms. The number of hydrogen-bond acceptors (Lipinski definition) is 5. The molecular weight excluding hydrogens is 322 g/mol. The molecule has 2 rings (SSSR count). The van der Waals surface area contributed by atoms with Crippen molar-refractivity contribution in [3.63, 3.8) is 0 Å². The molecule has 2 heterocycles. The lowest BCUT2D eigenvalue weighted by molar-refractivity contribution is -0.133. The summed E-state index contributed by atoms with van der Waals surface area (Å²) in [6.45, 7) is 11.2. The molecule has 2 aliphatic heterocycles. The third kappa shape index (κ3) is 3.56. The van der Waals surface area contributed by atoms with Crippen LogP contribution in [0.5, 0.6) is 0 Å². The van der Waals surface area contributed by atoms with Gasteiger partial charge in [0.2, 0.25) is 0 Å². The van der Waals surface area contributed by atoms with Gasteiger partial charge in [-0.3, -0.25) is 10.3 Å². The molecule has 0 saturated carbocycles. The van der Waals surface area contributed by atoms with E-state index in [0.717, 1.165) is 0 Å². The summed E-state index contributed by atoms with van der Waals surface area (Å²) >= 11 is 0. The van der Waals surface area contributed by atoms with E-state index in [1.807, 2.05) is 20.8 Å². The molecule has 0 saturated heterocycles. The van der Waals surface area contributed by atoms with E-state index in [2.05, 4.69) is 10.7 Å². The maximum Gasteiger partial charge on any atom is 0.412 e. The highest BCUT2D eigenvalue weighted by Gasteiger charge is 2.49. The average Bonchev–Trinajstić information content (AvgIpc) is 2.82. The first-order valence-corrected chi connectivity index (χ1v) is 8.45. The Morgan fingerprint density at radius 2 is 2.04 bits per heavy atom. The number of hydrogen-bond donors (Lipinski definition) is 3. The molecule has 2 aliphatic rings. The van der Waals surface area contributed by atoms with Gasteiger partial charge in [-0.2, -0.15) is 0 Å². The summed E-state index contributed by atoms with van der Waals surface area (Å²) < 4.78 is 5.29. The summed E-state index contributed by atoms with van der Waals surface area (Å²) in [5, 5.41) is 14.2. The zero-order chi connectivity index (χ0) is 19.0. The van der Waals surface area contributed by atoms with Crippen LogP contribution < -0.4 is 10.7 Å². The first-order valence-electron chi connectivity index (χ1n) is 8.45. The van der Waals surface area contributed by atoms with Gasteiger partial charge in [-0.25, -0.2) is 15.0 Å². The van der Waals surface area contributed by atoms with E-state index in [4.69, 9.17) is 4.74 Å². The van der Waals surface area contributed by atoms with Crippen LogP contribution in [0.4, 0.5) is 4.79 Å². The van der Waals surface area contributed by atoms with E-state index in [9.17, 15) is 14.7 Å². The number of nitrogens with zero attached hydrogens (tertiary/aromatic N) is 1. The lowest BCUT2D eigenvalue weighted by atomic mass is 9.77. The van der Waals surface area contributed by atoms with Gasteiger partial charge in [-0.15, -0.1) is 0 Å². The molecule has 0 aromatic rings. The summed E-state index contributed by atoms with van der Waals surface area (Å²) in [5.74, 6) is -0.967. The minimum absolute atomic E-state index is 0.0397. The lowest BCUT2D eigenvalue weighted by Crippen LogP contribution is -2.51. The van der Waals surface area contributed by atoms with Crippen LogP contribution in [0.15, 0.2) is 35.3 Å². The fourth-order valence-electron chi connectivity index (χ4n) is 3.23. The van der Waals surface area contributed by atoms with Crippen molar-refractivity contribution in [3.8, 4) is 0 Å². The Hall–Kier alpha value is -2.28. The number of hydrazine groups is 1. The predicted octanol–water partition coefficient (Wildman–Crippen LogP) is 2.89. The minimum atomic E-state index is -1.01. The third-order valence-corrected chi connectivity index (χ3v) is 4.39. The molecule has 0 spiro atoms. The van der Waals surface area contributed by atoms with E-state index >= 15 is 0 Å². The largest absolute Gasteiger partial charge is 0.478 e. The summed E-state index contributed by atoms with van der Waals surface area (Å²) in [6, 6.07) is 0. The maximum atomic E-state index is 12.1. The number of ether oxygens (including phenoxy) is 1. The van der Waals surface area contributed by atoms with E-state index in [1.54, 1.807) is 44.1 Å². The number of carboxylic acids is 1. The second-order valence-corrected chi connectivity index (χ2v) is 7.54. The summed E-state index contributed by atoms with van der Waals surface area (Å²) in [4.78, 5) is 24.2. The number of allylic oxidation sites excluding steroid dienone is 2. The van der Waals surface area contributed by atoms with Crippen molar-refractivity contribution in [2.75, 3.05) is 0 Å². The Morgan fingerprint density at radius 1 is 1.40 bits per heavy atom. The monoisotopic (exact) mass is 349 g/mol. The second-order valence-electron chi connectivity index (χ2n) is 7.54. The number of carboxylic acid groups (broad SMARTS) is 1. The summed E-state index contributed by atoms with van der Waals surface area (Å²) in [6.07, 6.45) is 5.14. The van der Waals surface area contributed by atoms with Gasteiger partial charge in [0.05, 0.1) is 22.5 Å². The zero-order valence-corrected chi connectivity index (χ0v) is 15.6. The van der Waals surface area contributed by atoms with Crippen LogP contribution in [0.1, 0.15) is 48.0 Å². The Balaban J connectivity index is 2.46. The average molecular weight is 349 g/mol. The molecule has 1 unspecified atom stereocenters. The molecule has 1 amide bonds. The van der Waals surface area contributed by atoms with E-state index in [1.165, 1.54) is 0 Å². The van der Waals surface area contributed by atoms with E-state index in [0.29, 0.717) is 17.8 Å². The van der Waals surface area contributed by atoms with Crippen molar-refractivity contribution in [2.45, 2.75) is 59.1 Å². The topological polar surface area (TPSA) is 90.9 Å². The minimum Gasteiger partial charge on any atom is -0.478 e. The highest BCUT2D eigenvalue weighted by atomic mass is 16.6. The molecule has 7 heteroatoms. The van der Waals surface area contributed by atoms with Crippen molar-refractivity contribution >= 4 is 12.1 Å². The molecule has 7 nitrogen and oxygen atoms in total. The predicted molar refractivity (Wildman–Crippen MR) is 94.1 cm³/mol. The van der Waals surface area contributed by atoms with Crippen molar-refractivity contribution < 1.29 is 19.4 Å². The molecular formula is C18H27N3O4. The first kappa shape index (κ1) is 19.1. The standard InChI is InChI=1S/C18H27N3O4/c1-7-18(11(2)3)13(15(22)23)14-12(9-8-10-21(14)20-18)19-16(24)25-17(4,5)6/h8-11,20H,7H2,1-6H3,(H,19,24)(H,22,23). The fraction of sp³-hybridized carbons (Fsp3) is 0.556. The van der Waals surface area contributed by atoms with Crippen molar-refractivity contribution in [1.29, 1.82) is 0 Å². The van der Waals surface area contributed by atoms with Crippen LogP contribution in [0.25, 0.3) is 0 Å². The lowest BCUT2D eigenvalue weighted by Gasteiger charge is -2.35. The normalized spacial score (nSPS) is 22.8. The van der Waals surface area contributed by atoms with Crippen LogP contribution in [0.2, 0.25) is 0 Å². The second kappa shape index (κ2) is 6.55. The Morgan fingerprint density at radius 3 is 2.52 bits per heavy atom. The van der Waals surface area contributed by atoms with Crippen LogP contribution in [0.3, 0.4) is 0 Å². The van der Waals surface area contributed by atoms with Crippen molar-refractivity contribution in [2.24, 2.45) is 5.92 Å². The number of amides is 1. The molecule has 0 aromatic heterocycles. The summed E-state index contributed by atoms with van der Waals surface area (Å²) in [5.41, 5.74) is 3.03. The number of nitrogens with one attached hydrogen (secondary N) is 2. The van der Waals surface area contributed by atoms with Gasteiger partial charge in [0.25, 0.3) is 0 Å².